The average molecular weight is 290 g/mol. The molecular formula is C15H18N2O2S. The van der Waals surface area contributed by atoms with Gasteiger partial charge in [0.05, 0.1) is 4.90 Å². The second-order valence-electron chi connectivity index (χ2n) is 4.70. The molecule has 0 atom stereocenters. The fraction of sp³-hybridized carbons (Fsp3) is 0.200. The van der Waals surface area contributed by atoms with Gasteiger partial charge in [-0.15, -0.1) is 0 Å². The molecule has 0 unspecified atom stereocenters. The van der Waals surface area contributed by atoms with E-state index in [0.717, 1.165) is 16.9 Å². The number of hydrogen-bond acceptors (Lipinski definition) is 4. The number of benzene rings is 2. The van der Waals surface area contributed by atoms with Crippen molar-refractivity contribution in [1.82, 2.24) is 0 Å². The number of anilines is 2. The zero-order chi connectivity index (χ0) is 14.8. The Labute approximate surface area is 119 Å². The second kappa shape index (κ2) is 5.64. The van der Waals surface area contributed by atoms with Crippen LogP contribution >= 0.6 is 0 Å². The Morgan fingerprint density at radius 2 is 1.40 bits per heavy atom. The fourth-order valence-electron chi connectivity index (χ4n) is 1.92. The van der Waals surface area contributed by atoms with Crippen LogP contribution < -0.4 is 10.6 Å². The number of nitrogens with two attached hydrogens (primary N) is 1. The molecule has 0 radical (unpaired) electrons. The van der Waals surface area contributed by atoms with E-state index in [0.29, 0.717) is 11.4 Å². The molecule has 0 spiro atoms. The van der Waals surface area contributed by atoms with Gasteiger partial charge in [0.1, 0.15) is 0 Å². The minimum Gasteiger partial charge on any atom is -0.345 e. The largest absolute Gasteiger partial charge is 0.345 e. The van der Waals surface area contributed by atoms with Crippen LogP contribution in [0.3, 0.4) is 0 Å². The molecule has 0 aliphatic heterocycles. The Kier molecular flexibility index (Phi) is 4.11. The highest BCUT2D eigenvalue weighted by Gasteiger charge is 2.08. The van der Waals surface area contributed by atoms with Crippen LogP contribution in [0.1, 0.15) is 5.56 Å². The Morgan fingerprint density at radius 1 is 0.950 bits per heavy atom. The minimum absolute atomic E-state index is 0.327. The third kappa shape index (κ3) is 3.18. The molecule has 0 amide bonds. The Balaban J connectivity index is 2.26. The summed E-state index contributed by atoms with van der Waals surface area (Å²) in [5, 5.41) is 0. The van der Waals surface area contributed by atoms with Crippen molar-refractivity contribution in [1.29, 1.82) is 0 Å². The second-order valence-corrected chi connectivity index (χ2v) is 6.71. The van der Waals surface area contributed by atoms with E-state index in [1.54, 1.807) is 24.3 Å². The van der Waals surface area contributed by atoms with Gasteiger partial charge >= 0.3 is 0 Å². The maximum atomic E-state index is 11.4. The van der Waals surface area contributed by atoms with E-state index >= 15 is 0 Å². The monoisotopic (exact) mass is 290 g/mol. The first-order valence-electron chi connectivity index (χ1n) is 6.24. The van der Waals surface area contributed by atoms with E-state index in [-0.39, 0.29) is 0 Å². The van der Waals surface area contributed by atoms with E-state index in [9.17, 15) is 8.42 Å². The van der Waals surface area contributed by atoms with Crippen molar-refractivity contribution in [2.24, 2.45) is 5.73 Å². The summed E-state index contributed by atoms with van der Waals surface area (Å²) in [6, 6.07) is 14.8. The maximum absolute atomic E-state index is 11.4. The highest BCUT2D eigenvalue weighted by Crippen LogP contribution is 2.24. The Bertz CT molecular complexity index is 677. The quantitative estimate of drug-likeness (QED) is 0.938. The van der Waals surface area contributed by atoms with Crippen molar-refractivity contribution in [2.45, 2.75) is 11.4 Å². The Hall–Kier alpha value is -1.85. The van der Waals surface area contributed by atoms with Crippen molar-refractivity contribution in [2.75, 3.05) is 18.2 Å². The highest BCUT2D eigenvalue weighted by molar-refractivity contribution is 7.90. The summed E-state index contributed by atoms with van der Waals surface area (Å²) in [6.45, 7) is 0.521. The summed E-state index contributed by atoms with van der Waals surface area (Å²) in [5.41, 5.74) is 8.60. The van der Waals surface area contributed by atoms with Crippen molar-refractivity contribution in [3.05, 3.63) is 54.1 Å². The SMILES string of the molecule is CN(c1ccc(CN)cc1)c1ccc(S(C)(=O)=O)cc1. The van der Waals surface area contributed by atoms with E-state index in [1.165, 1.54) is 6.26 Å². The summed E-state index contributed by atoms with van der Waals surface area (Å²) in [5.74, 6) is 0. The van der Waals surface area contributed by atoms with Gasteiger partial charge in [-0.1, -0.05) is 12.1 Å². The van der Waals surface area contributed by atoms with E-state index in [2.05, 4.69) is 0 Å². The van der Waals surface area contributed by atoms with Gasteiger partial charge in [0.25, 0.3) is 0 Å². The van der Waals surface area contributed by atoms with Crippen LogP contribution in [0.4, 0.5) is 11.4 Å². The third-order valence-electron chi connectivity index (χ3n) is 3.21. The van der Waals surface area contributed by atoms with E-state index in [4.69, 9.17) is 5.73 Å². The van der Waals surface area contributed by atoms with Crippen LogP contribution in [0, 0.1) is 0 Å². The van der Waals surface area contributed by atoms with Gasteiger partial charge in [-0.2, -0.15) is 0 Å². The molecule has 0 aliphatic rings. The lowest BCUT2D eigenvalue weighted by Gasteiger charge is -2.20. The molecular weight excluding hydrogens is 272 g/mol. The predicted molar refractivity (Wildman–Crippen MR) is 81.9 cm³/mol. The molecule has 0 aromatic heterocycles. The predicted octanol–water partition coefficient (Wildman–Crippen LogP) is 2.32. The molecule has 2 rings (SSSR count). The summed E-state index contributed by atoms with van der Waals surface area (Å²) in [7, 11) is -1.21. The molecule has 20 heavy (non-hydrogen) atoms. The number of hydrogen-bond donors (Lipinski definition) is 1. The van der Waals surface area contributed by atoms with Gasteiger partial charge < -0.3 is 10.6 Å². The molecule has 2 aromatic rings. The van der Waals surface area contributed by atoms with Crippen LogP contribution in [0.15, 0.2) is 53.4 Å². The van der Waals surface area contributed by atoms with Crippen molar-refractivity contribution in [3.63, 3.8) is 0 Å². The number of rotatable bonds is 4. The molecule has 106 valence electrons. The molecule has 4 nitrogen and oxygen atoms in total. The molecule has 0 bridgehead atoms. The van der Waals surface area contributed by atoms with Gasteiger partial charge in [-0.3, -0.25) is 0 Å². The molecule has 2 aromatic carbocycles. The van der Waals surface area contributed by atoms with Crippen LogP contribution in [0.2, 0.25) is 0 Å². The number of nitrogens with zero attached hydrogens (tertiary/aromatic N) is 1. The highest BCUT2D eigenvalue weighted by atomic mass is 32.2. The summed E-state index contributed by atoms with van der Waals surface area (Å²) < 4.78 is 22.9. The van der Waals surface area contributed by atoms with Crippen LogP contribution in [-0.2, 0) is 16.4 Å². The first-order valence-corrected chi connectivity index (χ1v) is 8.14. The summed E-state index contributed by atoms with van der Waals surface area (Å²) in [6.07, 6.45) is 1.21. The van der Waals surface area contributed by atoms with E-state index in [1.807, 2.05) is 36.2 Å². The fourth-order valence-corrected chi connectivity index (χ4v) is 2.55. The molecule has 0 aliphatic carbocycles. The van der Waals surface area contributed by atoms with Gasteiger partial charge in [0.15, 0.2) is 9.84 Å². The average Bonchev–Trinajstić information content (AvgIpc) is 2.46. The Morgan fingerprint density at radius 3 is 1.80 bits per heavy atom. The molecule has 0 saturated carbocycles. The lowest BCUT2D eigenvalue weighted by atomic mass is 10.2. The first-order chi connectivity index (χ1) is 9.41. The summed E-state index contributed by atoms with van der Waals surface area (Å²) >= 11 is 0. The van der Waals surface area contributed by atoms with Crippen LogP contribution in [-0.4, -0.2) is 21.7 Å². The lowest BCUT2D eigenvalue weighted by Crippen LogP contribution is -2.10. The molecule has 0 fully saturated rings. The first kappa shape index (κ1) is 14.6. The van der Waals surface area contributed by atoms with Crippen molar-refractivity contribution >= 4 is 21.2 Å². The lowest BCUT2D eigenvalue weighted by molar-refractivity contribution is 0.602. The standard InChI is InChI=1S/C15H18N2O2S/c1-17(13-5-3-12(11-16)4-6-13)14-7-9-15(10-8-14)20(2,18)19/h3-10H,11,16H2,1-2H3. The topological polar surface area (TPSA) is 63.4 Å². The number of sulfone groups is 1. The van der Waals surface area contributed by atoms with Crippen molar-refractivity contribution in [3.8, 4) is 0 Å². The van der Waals surface area contributed by atoms with Crippen LogP contribution in [0.25, 0.3) is 0 Å². The normalized spacial score (nSPS) is 11.3. The zero-order valence-corrected chi connectivity index (χ0v) is 12.4. The van der Waals surface area contributed by atoms with Gasteiger partial charge in [0, 0.05) is 31.2 Å². The zero-order valence-electron chi connectivity index (χ0n) is 11.6. The maximum Gasteiger partial charge on any atom is 0.175 e. The van der Waals surface area contributed by atoms with Gasteiger partial charge in [-0.05, 0) is 42.0 Å². The van der Waals surface area contributed by atoms with Crippen LogP contribution in [0.5, 0.6) is 0 Å². The molecule has 5 heteroatoms. The minimum atomic E-state index is -3.15. The molecule has 0 heterocycles. The third-order valence-corrected chi connectivity index (χ3v) is 4.34. The van der Waals surface area contributed by atoms with Gasteiger partial charge in [-0.25, -0.2) is 8.42 Å². The summed E-state index contributed by atoms with van der Waals surface area (Å²) in [4.78, 5) is 2.32. The van der Waals surface area contributed by atoms with Gasteiger partial charge in [0.2, 0.25) is 0 Å². The molecule has 2 N–H and O–H groups in total. The van der Waals surface area contributed by atoms with E-state index < -0.39 is 9.84 Å². The van der Waals surface area contributed by atoms with Crippen molar-refractivity contribution < 1.29 is 8.42 Å². The smallest absolute Gasteiger partial charge is 0.175 e. The molecule has 0 saturated heterocycles.